The molecule has 1 amide bonds. The Labute approximate surface area is 130 Å². The largest absolute Gasteiger partial charge is 0.444 e. The molecule has 0 saturated heterocycles. The van der Waals surface area contributed by atoms with Crippen molar-refractivity contribution >= 4 is 17.1 Å². The molecule has 0 saturated carbocycles. The van der Waals surface area contributed by atoms with E-state index >= 15 is 0 Å². The number of ether oxygens (including phenoxy) is 1. The number of aromatic nitrogens is 2. The van der Waals surface area contributed by atoms with Crippen LogP contribution in [-0.2, 0) is 11.8 Å². The van der Waals surface area contributed by atoms with E-state index in [0.29, 0.717) is 13.1 Å². The Kier molecular flexibility index (Phi) is 4.71. The monoisotopic (exact) mass is 304 g/mol. The molecule has 3 N–H and O–H groups in total. The summed E-state index contributed by atoms with van der Waals surface area (Å²) in [5.74, 6) is 0.0143. The fraction of sp³-hybridized carbons (Fsp3) is 0.500. The van der Waals surface area contributed by atoms with Gasteiger partial charge in [0.15, 0.2) is 0 Å². The maximum absolute atomic E-state index is 11.8. The van der Waals surface area contributed by atoms with Crippen LogP contribution in [0.2, 0.25) is 0 Å². The van der Waals surface area contributed by atoms with Gasteiger partial charge in [0.05, 0.1) is 0 Å². The third-order valence-corrected chi connectivity index (χ3v) is 3.38. The average Bonchev–Trinajstić information content (AvgIpc) is 2.76. The van der Waals surface area contributed by atoms with Crippen LogP contribution in [0, 0.1) is 0 Å². The molecule has 22 heavy (non-hydrogen) atoms. The van der Waals surface area contributed by atoms with Gasteiger partial charge in [0, 0.05) is 43.8 Å². The Balaban J connectivity index is 2.13. The predicted octanol–water partition coefficient (Wildman–Crippen LogP) is 2.14. The number of aryl methyl sites for hydroxylation is 1. The first-order chi connectivity index (χ1) is 10.3. The van der Waals surface area contributed by atoms with Gasteiger partial charge in [-0.05, 0) is 38.5 Å². The third kappa shape index (κ3) is 3.76. The highest BCUT2D eigenvalue weighted by Crippen LogP contribution is 2.25. The number of fused-ring (bicyclic) bond motifs is 1. The van der Waals surface area contributed by atoms with Gasteiger partial charge in [-0.25, -0.2) is 9.78 Å². The summed E-state index contributed by atoms with van der Waals surface area (Å²) in [6, 6.07) is 3.93. The molecular formula is C16H24N4O2. The van der Waals surface area contributed by atoms with E-state index in [9.17, 15) is 4.79 Å². The highest BCUT2D eigenvalue weighted by molar-refractivity contribution is 5.81. The van der Waals surface area contributed by atoms with E-state index in [2.05, 4.69) is 10.3 Å². The summed E-state index contributed by atoms with van der Waals surface area (Å²) in [6.45, 7) is 6.37. The number of carbonyl (C=O) groups is 1. The van der Waals surface area contributed by atoms with Crippen LogP contribution >= 0.6 is 0 Å². The molecule has 2 aromatic rings. The molecule has 0 aliphatic heterocycles. The molecule has 2 heterocycles. The van der Waals surface area contributed by atoms with Gasteiger partial charge in [-0.1, -0.05) is 0 Å². The van der Waals surface area contributed by atoms with Crippen LogP contribution in [0.15, 0.2) is 24.5 Å². The van der Waals surface area contributed by atoms with Crippen LogP contribution in [0.25, 0.3) is 11.0 Å². The minimum Gasteiger partial charge on any atom is -0.444 e. The van der Waals surface area contributed by atoms with Crippen molar-refractivity contribution in [3.05, 3.63) is 30.1 Å². The summed E-state index contributed by atoms with van der Waals surface area (Å²) >= 11 is 0. The number of amides is 1. The first-order valence-electron chi connectivity index (χ1n) is 7.38. The van der Waals surface area contributed by atoms with Crippen molar-refractivity contribution in [1.29, 1.82) is 0 Å². The molecule has 6 nitrogen and oxygen atoms in total. The number of alkyl carbamates (subject to hydrolysis) is 1. The van der Waals surface area contributed by atoms with Gasteiger partial charge in [-0.2, -0.15) is 0 Å². The Bertz CT molecular complexity index is 658. The zero-order valence-corrected chi connectivity index (χ0v) is 13.6. The topological polar surface area (TPSA) is 82.2 Å². The summed E-state index contributed by atoms with van der Waals surface area (Å²) in [7, 11) is 1.95. The van der Waals surface area contributed by atoms with Crippen molar-refractivity contribution in [2.24, 2.45) is 12.8 Å². The quantitative estimate of drug-likeness (QED) is 0.906. The SMILES string of the molecule is Cn1cc(C(CN)CNC(=O)OC(C)(C)C)c2cccnc21. The standard InChI is InChI=1S/C16H24N4O2/c1-16(2,3)22-15(21)19-9-11(8-17)13-10-20(4)14-12(13)6-5-7-18-14/h5-7,10-11H,8-9,17H2,1-4H3,(H,19,21). The van der Waals surface area contributed by atoms with Gasteiger partial charge >= 0.3 is 6.09 Å². The van der Waals surface area contributed by atoms with E-state index in [0.717, 1.165) is 16.6 Å². The number of nitrogens with zero attached hydrogens (tertiary/aromatic N) is 2. The zero-order valence-electron chi connectivity index (χ0n) is 13.6. The fourth-order valence-corrected chi connectivity index (χ4v) is 2.41. The maximum atomic E-state index is 11.8. The Morgan fingerprint density at radius 2 is 2.23 bits per heavy atom. The summed E-state index contributed by atoms with van der Waals surface area (Å²) in [6.07, 6.45) is 3.36. The molecule has 1 atom stereocenters. The molecule has 0 aliphatic carbocycles. The molecule has 0 bridgehead atoms. The zero-order chi connectivity index (χ0) is 16.3. The first kappa shape index (κ1) is 16.3. The molecule has 0 radical (unpaired) electrons. The van der Waals surface area contributed by atoms with Crippen LogP contribution in [0.5, 0.6) is 0 Å². The maximum Gasteiger partial charge on any atom is 0.407 e. The second kappa shape index (κ2) is 6.36. The van der Waals surface area contributed by atoms with E-state index < -0.39 is 11.7 Å². The van der Waals surface area contributed by atoms with E-state index in [1.54, 1.807) is 6.20 Å². The Morgan fingerprint density at radius 1 is 1.50 bits per heavy atom. The summed E-state index contributed by atoms with van der Waals surface area (Å²) in [4.78, 5) is 16.2. The van der Waals surface area contributed by atoms with Crippen LogP contribution in [0.3, 0.4) is 0 Å². The predicted molar refractivity (Wildman–Crippen MR) is 86.7 cm³/mol. The number of rotatable bonds is 4. The second-order valence-electron chi connectivity index (χ2n) is 6.39. The molecule has 2 rings (SSSR count). The summed E-state index contributed by atoms with van der Waals surface area (Å²) < 4.78 is 7.23. The third-order valence-electron chi connectivity index (χ3n) is 3.38. The molecule has 6 heteroatoms. The van der Waals surface area contributed by atoms with Crippen molar-refractivity contribution in [3.63, 3.8) is 0 Å². The summed E-state index contributed by atoms with van der Waals surface area (Å²) in [5, 5.41) is 3.85. The highest BCUT2D eigenvalue weighted by Gasteiger charge is 2.20. The van der Waals surface area contributed by atoms with Crippen LogP contribution in [-0.4, -0.2) is 34.3 Å². The minimum atomic E-state index is -0.508. The number of hydrogen-bond donors (Lipinski definition) is 2. The fourth-order valence-electron chi connectivity index (χ4n) is 2.41. The van der Waals surface area contributed by atoms with E-state index in [1.165, 1.54) is 0 Å². The molecule has 0 aliphatic rings. The van der Waals surface area contributed by atoms with E-state index in [1.807, 2.05) is 50.7 Å². The van der Waals surface area contributed by atoms with Crippen molar-refractivity contribution in [3.8, 4) is 0 Å². The lowest BCUT2D eigenvalue weighted by Gasteiger charge is -2.21. The lowest BCUT2D eigenvalue weighted by molar-refractivity contribution is 0.0525. The van der Waals surface area contributed by atoms with Gasteiger partial charge in [0.2, 0.25) is 0 Å². The average molecular weight is 304 g/mol. The molecular weight excluding hydrogens is 280 g/mol. The van der Waals surface area contributed by atoms with E-state index in [4.69, 9.17) is 10.5 Å². The van der Waals surface area contributed by atoms with Gasteiger partial charge in [-0.3, -0.25) is 0 Å². The second-order valence-corrected chi connectivity index (χ2v) is 6.39. The van der Waals surface area contributed by atoms with Crippen LogP contribution < -0.4 is 11.1 Å². The Hall–Kier alpha value is -2.08. The number of nitrogens with one attached hydrogen (secondary N) is 1. The van der Waals surface area contributed by atoms with Crippen molar-refractivity contribution in [2.45, 2.75) is 32.3 Å². The first-order valence-corrected chi connectivity index (χ1v) is 7.38. The number of nitrogens with two attached hydrogens (primary N) is 1. The van der Waals surface area contributed by atoms with E-state index in [-0.39, 0.29) is 5.92 Å². The Morgan fingerprint density at radius 3 is 2.86 bits per heavy atom. The lowest BCUT2D eigenvalue weighted by Crippen LogP contribution is -2.36. The van der Waals surface area contributed by atoms with Crippen molar-refractivity contribution in [2.75, 3.05) is 13.1 Å². The molecule has 1 unspecified atom stereocenters. The molecule has 0 aromatic carbocycles. The smallest absolute Gasteiger partial charge is 0.407 e. The van der Waals surface area contributed by atoms with Crippen LogP contribution in [0.4, 0.5) is 4.79 Å². The van der Waals surface area contributed by atoms with Gasteiger partial charge in [-0.15, -0.1) is 0 Å². The normalized spacial score (nSPS) is 13.1. The van der Waals surface area contributed by atoms with Gasteiger partial charge < -0.3 is 20.4 Å². The van der Waals surface area contributed by atoms with Gasteiger partial charge in [0.1, 0.15) is 11.2 Å². The molecule has 2 aromatic heterocycles. The highest BCUT2D eigenvalue weighted by atomic mass is 16.6. The van der Waals surface area contributed by atoms with Crippen LogP contribution in [0.1, 0.15) is 32.3 Å². The number of hydrogen-bond acceptors (Lipinski definition) is 4. The lowest BCUT2D eigenvalue weighted by atomic mass is 9.99. The minimum absolute atomic E-state index is 0.0143. The molecule has 0 spiro atoms. The van der Waals surface area contributed by atoms with Crippen molar-refractivity contribution in [1.82, 2.24) is 14.9 Å². The van der Waals surface area contributed by atoms with Gasteiger partial charge in [0.25, 0.3) is 0 Å². The number of carbonyl (C=O) groups excluding carboxylic acids is 1. The molecule has 120 valence electrons. The number of pyridine rings is 1. The molecule has 0 fully saturated rings. The van der Waals surface area contributed by atoms with Crippen molar-refractivity contribution < 1.29 is 9.53 Å². The summed E-state index contributed by atoms with van der Waals surface area (Å²) in [5.41, 5.74) is 7.39.